The largest absolute Gasteiger partial charge is 0.345 e. The number of carbonyl (C=O) groups excluding carboxylic acids is 2. The summed E-state index contributed by atoms with van der Waals surface area (Å²) >= 11 is 3.40. The van der Waals surface area contributed by atoms with Gasteiger partial charge in [-0.1, -0.05) is 22.9 Å². The molecule has 2 rings (SSSR count). The van der Waals surface area contributed by atoms with Crippen LogP contribution in [0.4, 0.5) is 5.69 Å². The summed E-state index contributed by atoms with van der Waals surface area (Å²) in [5.41, 5.74) is 1.79. The van der Waals surface area contributed by atoms with Gasteiger partial charge in [-0.05, 0) is 37.1 Å². The Bertz CT molecular complexity index is 502. The van der Waals surface area contributed by atoms with Gasteiger partial charge in [-0.3, -0.25) is 14.5 Å². The minimum atomic E-state index is -0.411. The van der Waals surface area contributed by atoms with E-state index in [1.807, 2.05) is 32.0 Å². The highest BCUT2D eigenvalue weighted by Crippen LogP contribution is 2.27. The van der Waals surface area contributed by atoms with E-state index in [1.54, 1.807) is 4.90 Å². The second kappa shape index (κ2) is 5.10. The molecule has 1 saturated heterocycles. The number of nitrogens with one attached hydrogen (secondary N) is 1. The number of hydrogen-bond acceptors (Lipinski definition) is 2. The van der Waals surface area contributed by atoms with Crippen LogP contribution in [-0.4, -0.2) is 24.4 Å². The van der Waals surface area contributed by atoms with Gasteiger partial charge in [0.25, 0.3) is 0 Å². The molecule has 0 aliphatic carbocycles. The number of halogens is 1. The minimum Gasteiger partial charge on any atom is -0.345 e. The molecule has 0 radical (unpaired) electrons. The molecule has 2 amide bonds. The standard InChI is InChI=1S/C13H15BrN2O2/c1-3-10-13(18)15-7-12(17)16(10)11-5-4-9(14)6-8(11)2/h4-6,10H,3,7H2,1-2H3,(H,15,18). The topological polar surface area (TPSA) is 49.4 Å². The number of hydrogen-bond donors (Lipinski definition) is 1. The van der Waals surface area contributed by atoms with Gasteiger partial charge in [0.05, 0.1) is 6.54 Å². The molecule has 1 N–H and O–H groups in total. The van der Waals surface area contributed by atoms with Crippen molar-refractivity contribution in [1.29, 1.82) is 0 Å². The van der Waals surface area contributed by atoms with E-state index >= 15 is 0 Å². The van der Waals surface area contributed by atoms with Crippen molar-refractivity contribution < 1.29 is 9.59 Å². The second-order valence-corrected chi connectivity index (χ2v) is 5.25. The average Bonchev–Trinajstić information content (AvgIpc) is 2.33. The molecule has 1 unspecified atom stereocenters. The van der Waals surface area contributed by atoms with Crippen molar-refractivity contribution in [3.05, 3.63) is 28.2 Å². The summed E-state index contributed by atoms with van der Waals surface area (Å²) in [6, 6.07) is 5.29. The molecule has 18 heavy (non-hydrogen) atoms. The molecule has 1 fully saturated rings. The van der Waals surface area contributed by atoms with Crippen LogP contribution in [-0.2, 0) is 9.59 Å². The molecule has 0 saturated carbocycles. The molecule has 1 heterocycles. The van der Waals surface area contributed by atoms with E-state index in [1.165, 1.54) is 0 Å². The van der Waals surface area contributed by atoms with Gasteiger partial charge in [0.2, 0.25) is 11.8 Å². The molecule has 4 nitrogen and oxygen atoms in total. The number of anilines is 1. The minimum absolute atomic E-state index is 0.0631. The highest BCUT2D eigenvalue weighted by Gasteiger charge is 2.34. The van der Waals surface area contributed by atoms with Crippen molar-refractivity contribution in [2.24, 2.45) is 0 Å². The average molecular weight is 311 g/mol. The second-order valence-electron chi connectivity index (χ2n) is 4.34. The molecule has 1 aliphatic heterocycles. The summed E-state index contributed by atoms with van der Waals surface area (Å²) in [7, 11) is 0. The van der Waals surface area contributed by atoms with Gasteiger partial charge in [0.1, 0.15) is 6.04 Å². The third-order valence-corrected chi connectivity index (χ3v) is 3.60. The van der Waals surface area contributed by atoms with Crippen molar-refractivity contribution in [3.63, 3.8) is 0 Å². The highest BCUT2D eigenvalue weighted by atomic mass is 79.9. The van der Waals surface area contributed by atoms with E-state index in [0.29, 0.717) is 6.42 Å². The number of amides is 2. The Morgan fingerprint density at radius 1 is 1.44 bits per heavy atom. The van der Waals surface area contributed by atoms with Crippen LogP contribution in [0.3, 0.4) is 0 Å². The summed E-state index contributed by atoms with van der Waals surface area (Å²) in [4.78, 5) is 25.5. The Morgan fingerprint density at radius 2 is 2.17 bits per heavy atom. The third kappa shape index (κ3) is 2.27. The number of benzene rings is 1. The van der Waals surface area contributed by atoms with Gasteiger partial charge >= 0.3 is 0 Å². The maximum atomic E-state index is 12.0. The first-order valence-electron chi connectivity index (χ1n) is 5.90. The highest BCUT2D eigenvalue weighted by molar-refractivity contribution is 9.10. The summed E-state index contributed by atoms with van der Waals surface area (Å²) < 4.78 is 0.964. The van der Waals surface area contributed by atoms with Gasteiger partial charge in [-0.25, -0.2) is 0 Å². The molecule has 0 aromatic heterocycles. The zero-order valence-corrected chi connectivity index (χ0v) is 12.0. The SMILES string of the molecule is CCC1C(=O)NCC(=O)N1c1ccc(Br)cc1C. The number of rotatable bonds is 2. The van der Waals surface area contributed by atoms with Crippen LogP contribution >= 0.6 is 15.9 Å². The van der Waals surface area contributed by atoms with Crippen molar-refractivity contribution in [1.82, 2.24) is 5.32 Å². The number of aryl methyl sites for hydroxylation is 1. The van der Waals surface area contributed by atoms with E-state index in [-0.39, 0.29) is 18.4 Å². The van der Waals surface area contributed by atoms with Crippen molar-refractivity contribution >= 4 is 33.4 Å². The fourth-order valence-corrected chi connectivity index (χ4v) is 2.69. The van der Waals surface area contributed by atoms with Gasteiger partial charge < -0.3 is 5.32 Å². The first kappa shape index (κ1) is 13.1. The molecule has 0 spiro atoms. The summed E-state index contributed by atoms with van der Waals surface area (Å²) in [6.07, 6.45) is 0.604. The molecule has 96 valence electrons. The Kier molecular flexibility index (Phi) is 3.71. The Morgan fingerprint density at radius 3 is 2.78 bits per heavy atom. The smallest absolute Gasteiger partial charge is 0.247 e. The van der Waals surface area contributed by atoms with E-state index in [4.69, 9.17) is 0 Å². The fraction of sp³-hybridized carbons (Fsp3) is 0.385. The third-order valence-electron chi connectivity index (χ3n) is 3.10. The van der Waals surface area contributed by atoms with Gasteiger partial charge in [0.15, 0.2) is 0 Å². The Hall–Kier alpha value is -1.36. The normalized spacial score (nSPS) is 19.9. The van der Waals surface area contributed by atoms with E-state index < -0.39 is 6.04 Å². The quantitative estimate of drug-likeness (QED) is 0.908. The van der Waals surface area contributed by atoms with E-state index in [9.17, 15) is 9.59 Å². The molecular weight excluding hydrogens is 296 g/mol. The summed E-state index contributed by atoms with van der Waals surface area (Å²) in [5.74, 6) is -0.147. The Labute approximate surface area is 114 Å². The lowest BCUT2D eigenvalue weighted by atomic mass is 10.1. The van der Waals surface area contributed by atoms with E-state index in [2.05, 4.69) is 21.2 Å². The molecule has 5 heteroatoms. The van der Waals surface area contributed by atoms with Crippen molar-refractivity contribution in [3.8, 4) is 0 Å². The monoisotopic (exact) mass is 310 g/mol. The predicted octanol–water partition coefficient (Wildman–Crippen LogP) is 2.00. The van der Waals surface area contributed by atoms with Gasteiger partial charge in [-0.2, -0.15) is 0 Å². The zero-order chi connectivity index (χ0) is 13.3. The molecule has 1 aliphatic rings. The first-order valence-corrected chi connectivity index (χ1v) is 6.69. The van der Waals surface area contributed by atoms with Crippen LogP contribution in [0.2, 0.25) is 0 Å². The maximum Gasteiger partial charge on any atom is 0.247 e. The van der Waals surface area contributed by atoms with Crippen LogP contribution in [0.5, 0.6) is 0 Å². The van der Waals surface area contributed by atoms with Crippen LogP contribution < -0.4 is 10.2 Å². The summed E-state index contributed by atoms with van der Waals surface area (Å²) in [6.45, 7) is 3.92. The Balaban J connectivity index is 2.44. The van der Waals surface area contributed by atoms with Gasteiger partial charge in [0, 0.05) is 10.2 Å². The lowest BCUT2D eigenvalue weighted by molar-refractivity contribution is -0.131. The fourth-order valence-electron chi connectivity index (χ4n) is 2.22. The lowest BCUT2D eigenvalue weighted by Gasteiger charge is -2.35. The van der Waals surface area contributed by atoms with Crippen LogP contribution in [0.15, 0.2) is 22.7 Å². The number of piperazine rings is 1. The van der Waals surface area contributed by atoms with Crippen LogP contribution in [0, 0.1) is 6.92 Å². The zero-order valence-electron chi connectivity index (χ0n) is 10.4. The molecule has 1 aromatic rings. The maximum absolute atomic E-state index is 12.0. The molecular formula is C13H15BrN2O2. The van der Waals surface area contributed by atoms with Crippen molar-refractivity contribution in [2.45, 2.75) is 26.3 Å². The predicted molar refractivity (Wildman–Crippen MR) is 73.5 cm³/mol. The summed E-state index contributed by atoms with van der Waals surface area (Å²) in [5, 5.41) is 2.62. The number of carbonyl (C=O) groups is 2. The van der Waals surface area contributed by atoms with Gasteiger partial charge in [-0.15, -0.1) is 0 Å². The number of nitrogens with zero attached hydrogens (tertiary/aromatic N) is 1. The van der Waals surface area contributed by atoms with Crippen molar-refractivity contribution in [2.75, 3.05) is 11.4 Å². The van der Waals surface area contributed by atoms with Crippen LogP contribution in [0.25, 0.3) is 0 Å². The molecule has 1 atom stereocenters. The first-order chi connectivity index (χ1) is 8.54. The molecule has 0 bridgehead atoms. The lowest BCUT2D eigenvalue weighted by Crippen LogP contribution is -2.58. The van der Waals surface area contributed by atoms with Crippen LogP contribution in [0.1, 0.15) is 18.9 Å². The molecule has 1 aromatic carbocycles. The van der Waals surface area contributed by atoms with E-state index in [0.717, 1.165) is 15.7 Å².